The van der Waals surface area contributed by atoms with Crippen molar-refractivity contribution < 1.29 is 14.3 Å². The van der Waals surface area contributed by atoms with Gasteiger partial charge in [0, 0.05) is 0 Å². The molecule has 0 aliphatic carbocycles. The minimum atomic E-state index is -0.709. The van der Waals surface area contributed by atoms with Gasteiger partial charge in [0.1, 0.15) is 6.61 Å². The van der Waals surface area contributed by atoms with Crippen LogP contribution in [0, 0.1) is 6.92 Å². The fraction of sp³-hybridized carbons (Fsp3) is 0.263. The zero-order chi connectivity index (χ0) is 16.9. The van der Waals surface area contributed by atoms with E-state index in [4.69, 9.17) is 9.47 Å². The van der Waals surface area contributed by atoms with Gasteiger partial charge in [0.2, 0.25) is 6.10 Å². The van der Waals surface area contributed by atoms with Gasteiger partial charge in [0.15, 0.2) is 11.5 Å². The van der Waals surface area contributed by atoms with Crippen LogP contribution in [0.1, 0.15) is 24.5 Å². The molecular formula is C19H20N2O3. The quantitative estimate of drug-likeness (QED) is 0.694. The highest BCUT2D eigenvalue weighted by molar-refractivity contribution is 6.01. The summed E-state index contributed by atoms with van der Waals surface area (Å²) in [5.74, 6) is 0.906. The van der Waals surface area contributed by atoms with Crippen molar-refractivity contribution in [1.29, 1.82) is 0 Å². The second-order valence-electron chi connectivity index (χ2n) is 5.62. The lowest BCUT2D eigenvalue weighted by atomic mass is 10.1. The molecule has 1 N–H and O–H groups in total. The zero-order valence-corrected chi connectivity index (χ0v) is 13.8. The normalized spacial score (nSPS) is 16.6. The molecule has 0 aromatic heterocycles. The van der Waals surface area contributed by atoms with Crippen molar-refractivity contribution in [3.63, 3.8) is 0 Å². The molecule has 24 heavy (non-hydrogen) atoms. The predicted octanol–water partition coefficient (Wildman–Crippen LogP) is 3.07. The largest absolute Gasteiger partial charge is 0.485 e. The average Bonchev–Trinajstić information content (AvgIpc) is 2.63. The molecule has 3 rings (SSSR count). The monoisotopic (exact) mass is 324 g/mol. The molecule has 0 bridgehead atoms. The van der Waals surface area contributed by atoms with E-state index in [1.165, 1.54) is 5.56 Å². The molecule has 1 heterocycles. The lowest BCUT2D eigenvalue weighted by Crippen LogP contribution is -2.42. The smallest absolute Gasteiger partial charge is 0.284 e. The van der Waals surface area contributed by atoms with Gasteiger partial charge in [-0.3, -0.25) is 4.79 Å². The number of rotatable bonds is 4. The third-order valence-electron chi connectivity index (χ3n) is 3.82. The van der Waals surface area contributed by atoms with E-state index in [-0.39, 0.29) is 12.5 Å². The maximum absolute atomic E-state index is 12.3. The number of hydrogen-bond acceptors (Lipinski definition) is 4. The van der Waals surface area contributed by atoms with Crippen molar-refractivity contribution >= 4 is 11.6 Å². The summed E-state index contributed by atoms with van der Waals surface area (Å²) in [4.78, 5) is 12.3. The molecule has 0 fully saturated rings. The minimum Gasteiger partial charge on any atom is -0.485 e. The van der Waals surface area contributed by atoms with Crippen LogP contribution >= 0.6 is 0 Å². The van der Waals surface area contributed by atoms with Crippen LogP contribution in [0.5, 0.6) is 11.5 Å². The fourth-order valence-corrected chi connectivity index (χ4v) is 2.44. The summed E-state index contributed by atoms with van der Waals surface area (Å²) in [5, 5.41) is 4.25. The first-order chi connectivity index (χ1) is 11.7. The summed E-state index contributed by atoms with van der Waals surface area (Å²) in [6, 6.07) is 15.3. The Hall–Kier alpha value is -2.82. The van der Waals surface area contributed by atoms with Gasteiger partial charge in [0.05, 0.1) is 5.71 Å². The highest BCUT2D eigenvalue weighted by Gasteiger charge is 2.27. The van der Waals surface area contributed by atoms with Crippen LogP contribution in [0.15, 0.2) is 53.6 Å². The number of aryl methyl sites for hydroxylation is 1. The Balaban J connectivity index is 1.67. The van der Waals surface area contributed by atoms with Gasteiger partial charge in [-0.2, -0.15) is 5.10 Å². The number of fused-ring (bicyclic) bond motifs is 1. The van der Waals surface area contributed by atoms with Crippen molar-refractivity contribution in [2.75, 3.05) is 6.61 Å². The molecule has 0 unspecified atom stereocenters. The molecule has 2 aromatic carbocycles. The predicted molar refractivity (Wildman–Crippen MR) is 92.5 cm³/mol. The highest BCUT2D eigenvalue weighted by Crippen LogP contribution is 2.30. The number of hydrazone groups is 1. The van der Waals surface area contributed by atoms with Crippen LogP contribution in [-0.2, 0) is 4.79 Å². The van der Waals surface area contributed by atoms with Crippen molar-refractivity contribution in [1.82, 2.24) is 5.43 Å². The SMILES string of the molecule is CC/C(=N/NC(=O)[C@@H]1COc2ccccc2O1)c1ccc(C)cc1. The third kappa shape index (κ3) is 3.56. The molecule has 0 spiro atoms. The molecule has 5 heteroatoms. The van der Waals surface area contributed by atoms with Gasteiger partial charge in [-0.05, 0) is 31.0 Å². The standard InChI is InChI=1S/C19H20N2O3/c1-3-15(14-10-8-13(2)9-11-14)20-21-19(22)18-12-23-16-6-4-5-7-17(16)24-18/h4-11,18H,3,12H2,1-2H3,(H,21,22)/b20-15-/t18-/m0/s1. The minimum absolute atomic E-state index is 0.171. The van der Waals surface area contributed by atoms with Crippen molar-refractivity contribution in [3.05, 3.63) is 59.7 Å². The van der Waals surface area contributed by atoms with Crippen LogP contribution in [-0.4, -0.2) is 24.3 Å². The number of benzene rings is 2. The second-order valence-corrected chi connectivity index (χ2v) is 5.62. The third-order valence-corrected chi connectivity index (χ3v) is 3.82. The van der Waals surface area contributed by atoms with Crippen LogP contribution in [0.2, 0.25) is 0 Å². The molecule has 124 valence electrons. The van der Waals surface area contributed by atoms with E-state index in [0.717, 1.165) is 11.3 Å². The molecule has 0 saturated heterocycles. The maximum atomic E-state index is 12.3. The van der Waals surface area contributed by atoms with Crippen LogP contribution in [0.4, 0.5) is 0 Å². The van der Waals surface area contributed by atoms with Crippen molar-refractivity contribution in [2.24, 2.45) is 5.10 Å². The lowest BCUT2D eigenvalue weighted by molar-refractivity contribution is -0.130. The van der Waals surface area contributed by atoms with Gasteiger partial charge in [-0.15, -0.1) is 0 Å². The molecule has 1 amide bonds. The second kappa shape index (κ2) is 7.17. The fourth-order valence-electron chi connectivity index (χ4n) is 2.44. The number of nitrogens with zero attached hydrogens (tertiary/aromatic N) is 1. The van der Waals surface area contributed by atoms with E-state index in [9.17, 15) is 4.79 Å². The van der Waals surface area contributed by atoms with Crippen LogP contribution in [0.3, 0.4) is 0 Å². The van der Waals surface area contributed by atoms with E-state index in [1.807, 2.05) is 56.3 Å². The van der Waals surface area contributed by atoms with E-state index < -0.39 is 6.10 Å². The molecule has 5 nitrogen and oxygen atoms in total. The van der Waals surface area contributed by atoms with E-state index in [0.29, 0.717) is 17.9 Å². The molecule has 0 saturated carbocycles. The summed E-state index contributed by atoms with van der Waals surface area (Å²) in [6.07, 6.45) is 0.00792. The van der Waals surface area contributed by atoms with Crippen molar-refractivity contribution in [2.45, 2.75) is 26.4 Å². The first-order valence-electron chi connectivity index (χ1n) is 7.99. The van der Waals surface area contributed by atoms with E-state index in [2.05, 4.69) is 10.5 Å². The van der Waals surface area contributed by atoms with Crippen LogP contribution in [0.25, 0.3) is 0 Å². The Kier molecular flexibility index (Phi) is 4.79. The highest BCUT2D eigenvalue weighted by atomic mass is 16.6. The number of carbonyl (C=O) groups is 1. The first-order valence-corrected chi connectivity index (χ1v) is 7.99. The summed E-state index contributed by atoms with van der Waals surface area (Å²) in [5.41, 5.74) is 5.59. The zero-order valence-electron chi connectivity index (χ0n) is 13.8. The molecule has 1 aliphatic rings. The number of para-hydroxylation sites is 2. The Bertz CT molecular complexity index is 753. The van der Waals surface area contributed by atoms with E-state index in [1.54, 1.807) is 6.07 Å². The van der Waals surface area contributed by atoms with Gasteiger partial charge < -0.3 is 9.47 Å². The summed E-state index contributed by atoms with van der Waals surface area (Å²) >= 11 is 0. The van der Waals surface area contributed by atoms with Gasteiger partial charge in [-0.1, -0.05) is 48.9 Å². The average molecular weight is 324 g/mol. The Morgan fingerprint density at radius 3 is 2.58 bits per heavy atom. The number of carbonyl (C=O) groups excluding carboxylic acids is 1. The summed E-state index contributed by atoms with van der Waals surface area (Å²) < 4.78 is 11.2. The van der Waals surface area contributed by atoms with Gasteiger partial charge in [0.25, 0.3) is 5.91 Å². The Morgan fingerprint density at radius 2 is 1.88 bits per heavy atom. The van der Waals surface area contributed by atoms with Gasteiger partial charge >= 0.3 is 0 Å². The Morgan fingerprint density at radius 1 is 1.17 bits per heavy atom. The summed E-state index contributed by atoms with van der Waals surface area (Å²) in [7, 11) is 0. The van der Waals surface area contributed by atoms with Crippen LogP contribution < -0.4 is 14.9 Å². The number of nitrogens with one attached hydrogen (secondary N) is 1. The number of ether oxygens (including phenoxy) is 2. The molecule has 1 atom stereocenters. The lowest BCUT2D eigenvalue weighted by Gasteiger charge is -2.24. The number of hydrogen-bond donors (Lipinski definition) is 1. The van der Waals surface area contributed by atoms with Crippen molar-refractivity contribution in [3.8, 4) is 11.5 Å². The van der Waals surface area contributed by atoms with Gasteiger partial charge in [-0.25, -0.2) is 5.43 Å². The maximum Gasteiger partial charge on any atom is 0.284 e. The first kappa shape index (κ1) is 16.1. The molecule has 1 aliphatic heterocycles. The summed E-state index contributed by atoms with van der Waals surface area (Å²) in [6.45, 7) is 4.21. The molecular weight excluding hydrogens is 304 g/mol. The Labute approximate surface area is 141 Å². The molecule has 2 aromatic rings. The number of amides is 1. The van der Waals surface area contributed by atoms with E-state index >= 15 is 0 Å². The topological polar surface area (TPSA) is 59.9 Å². The molecule has 0 radical (unpaired) electrons.